The van der Waals surface area contributed by atoms with Crippen molar-refractivity contribution in [2.75, 3.05) is 5.75 Å². The van der Waals surface area contributed by atoms with Crippen molar-refractivity contribution in [2.45, 2.75) is 23.8 Å². The summed E-state index contributed by atoms with van der Waals surface area (Å²) < 4.78 is 12.8. The van der Waals surface area contributed by atoms with Gasteiger partial charge in [-0.15, -0.1) is 11.8 Å². The van der Waals surface area contributed by atoms with E-state index in [9.17, 15) is 9.18 Å². The Morgan fingerprint density at radius 2 is 1.71 bits per heavy atom. The first-order chi connectivity index (χ1) is 10.2. The van der Waals surface area contributed by atoms with Gasteiger partial charge in [0.15, 0.2) is 0 Å². The summed E-state index contributed by atoms with van der Waals surface area (Å²) in [6.45, 7) is 0. The summed E-state index contributed by atoms with van der Waals surface area (Å²) in [6, 6.07) is 14.7. The summed E-state index contributed by atoms with van der Waals surface area (Å²) in [5.41, 5.74) is 2.66. The molecule has 0 fully saturated rings. The summed E-state index contributed by atoms with van der Waals surface area (Å²) in [5, 5.41) is 3.07. The van der Waals surface area contributed by atoms with Crippen molar-refractivity contribution in [3.63, 3.8) is 0 Å². The quantitative estimate of drug-likeness (QED) is 0.879. The first kappa shape index (κ1) is 14.1. The van der Waals surface area contributed by atoms with Crippen molar-refractivity contribution in [3.05, 3.63) is 65.5 Å². The Morgan fingerprint density at radius 1 is 1.10 bits per heavy atom. The van der Waals surface area contributed by atoms with E-state index in [1.54, 1.807) is 12.1 Å². The number of rotatable bonds is 4. The van der Waals surface area contributed by atoms with Gasteiger partial charge in [0.05, 0.1) is 5.75 Å². The van der Waals surface area contributed by atoms with Gasteiger partial charge in [-0.3, -0.25) is 4.79 Å². The Kier molecular flexibility index (Phi) is 4.25. The third kappa shape index (κ3) is 3.64. The van der Waals surface area contributed by atoms with Crippen LogP contribution < -0.4 is 5.32 Å². The minimum Gasteiger partial charge on any atom is -0.352 e. The Labute approximate surface area is 127 Å². The third-order valence-electron chi connectivity index (χ3n) is 3.60. The summed E-state index contributed by atoms with van der Waals surface area (Å²) >= 11 is 1.43. The predicted molar refractivity (Wildman–Crippen MR) is 82.9 cm³/mol. The first-order valence-corrected chi connectivity index (χ1v) is 7.94. The van der Waals surface area contributed by atoms with E-state index >= 15 is 0 Å². The Bertz CT molecular complexity index is 616. The molecule has 2 aromatic rings. The fourth-order valence-corrected chi connectivity index (χ4v) is 3.32. The third-order valence-corrected chi connectivity index (χ3v) is 4.61. The van der Waals surface area contributed by atoms with Crippen LogP contribution in [0.15, 0.2) is 53.4 Å². The Hall–Kier alpha value is -1.81. The van der Waals surface area contributed by atoms with Crippen molar-refractivity contribution >= 4 is 17.7 Å². The molecule has 21 heavy (non-hydrogen) atoms. The highest BCUT2D eigenvalue weighted by Crippen LogP contribution is 2.22. The maximum absolute atomic E-state index is 12.8. The van der Waals surface area contributed by atoms with Crippen LogP contribution in [0.5, 0.6) is 0 Å². The van der Waals surface area contributed by atoms with Gasteiger partial charge >= 0.3 is 0 Å². The molecule has 108 valence electrons. The minimum absolute atomic E-state index is 0.0298. The van der Waals surface area contributed by atoms with Crippen LogP contribution in [-0.2, 0) is 17.6 Å². The lowest BCUT2D eigenvalue weighted by atomic mass is 10.1. The van der Waals surface area contributed by atoms with Gasteiger partial charge in [0.1, 0.15) is 5.82 Å². The number of amides is 1. The summed E-state index contributed by atoms with van der Waals surface area (Å²) in [5.74, 6) is 0.132. The highest BCUT2D eigenvalue weighted by atomic mass is 32.2. The van der Waals surface area contributed by atoms with Crippen LogP contribution >= 0.6 is 11.8 Å². The first-order valence-electron chi connectivity index (χ1n) is 6.95. The Morgan fingerprint density at radius 3 is 2.33 bits per heavy atom. The normalized spacial score (nSPS) is 14.0. The standard InChI is InChI=1S/C17H16FNOS/c18-14-5-7-16(8-6-14)21-11-17(20)19-15-9-12-3-1-2-4-13(12)10-15/h1-8,15H,9-11H2,(H,19,20). The molecule has 0 bridgehead atoms. The second kappa shape index (κ2) is 6.31. The van der Waals surface area contributed by atoms with E-state index in [-0.39, 0.29) is 17.8 Å². The highest BCUT2D eigenvalue weighted by molar-refractivity contribution is 8.00. The zero-order chi connectivity index (χ0) is 14.7. The van der Waals surface area contributed by atoms with Gasteiger partial charge in [-0.25, -0.2) is 4.39 Å². The number of nitrogens with one attached hydrogen (secondary N) is 1. The molecule has 4 heteroatoms. The van der Waals surface area contributed by atoms with E-state index in [1.807, 2.05) is 12.1 Å². The van der Waals surface area contributed by atoms with E-state index in [2.05, 4.69) is 17.4 Å². The van der Waals surface area contributed by atoms with Crippen LogP contribution in [0.2, 0.25) is 0 Å². The predicted octanol–water partition coefficient (Wildman–Crippen LogP) is 3.20. The molecule has 0 radical (unpaired) electrons. The van der Waals surface area contributed by atoms with E-state index in [0.29, 0.717) is 5.75 Å². The fourth-order valence-electron chi connectivity index (χ4n) is 2.61. The van der Waals surface area contributed by atoms with Crippen LogP contribution in [0.3, 0.4) is 0 Å². The molecule has 3 rings (SSSR count). The van der Waals surface area contributed by atoms with Gasteiger partial charge < -0.3 is 5.32 Å². The molecule has 0 saturated carbocycles. The molecule has 0 spiro atoms. The lowest BCUT2D eigenvalue weighted by Gasteiger charge is -2.11. The molecule has 2 nitrogen and oxygen atoms in total. The number of halogens is 1. The molecule has 1 aliphatic carbocycles. The molecule has 1 aliphatic rings. The monoisotopic (exact) mass is 301 g/mol. The summed E-state index contributed by atoms with van der Waals surface area (Å²) in [6.07, 6.45) is 1.81. The fraction of sp³-hybridized carbons (Fsp3) is 0.235. The van der Waals surface area contributed by atoms with Crippen molar-refractivity contribution in [2.24, 2.45) is 0 Å². The summed E-state index contributed by atoms with van der Waals surface area (Å²) in [7, 11) is 0. The molecule has 0 aromatic heterocycles. The van der Waals surface area contributed by atoms with Crippen LogP contribution in [0.4, 0.5) is 4.39 Å². The van der Waals surface area contributed by atoms with Gasteiger partial charge in [-0.05, 0) is 48.2 Å². The van der Waals surface area contributed by atoms with Gasteiger partial charge in [-0.2, -0.15) is 0 Å². The van der Waals surface area contributed by atoms with Crippen LogP contribution in [0.1, 0.15) is 11.1 Å². The number of carbonyl (C=O) groups excluding carboxylic acids is 1. The second-order valence-corrected chi connectivity index (χ2v) is 6.23. The minimum atomic E-state index is -0.257. The molecular formula is C17H16FNOS. The molecule has 0 heterocycles. The van der Waals surface area contributed by atoms with Crippen molar-refractivity contribution in [1.82, 2.24) is 5.32 Å². The number of hydrogen-bond donors (Lipinski definition) is 1. The number of fused-ring (bicyclic) bond motifs is 1. The maximum Gasteiger partial charge on any atom is 0.230 e. The zero-order valence-corrected chi connectivity index (χ0v) is 12.3. The number of benzene rings is 2. The molecule has 0 aliphatic heterocycles. The van der Waals surface area contributed by atoms with E-state index in [0.717, 1.165) is 17.7 Å². The van der Waals surface area contributed by atoms with E-state index in [4.69, 9.17) is 0 Å². The van der Waals surface area contributed by atoms with Crippen LogP contribution in [0, 0.1) is 5.82 Å². The number of carbonyl (C=O) groups is 1. The largest absolute Gasteiger partial charge is 0.352 e. The second-order valence-electron chi connectivity index (χ2n) is 5.18. The molecular weight excluding hydrogens is 285 g/mol. The zero-order valence-electron chi connectivity index (χ0n) is 11.5. The smallest absolute Gasteiger partial charge is 0.230 e. The molecule has 0 atom stereocenters. The molecule has 0 unspecified atom stereocenters. The Balaban J connectivity index is 1.48. The van der Waals surface area contributed by atoms with Gasteiger partial charge in [0.25, 0.3) is 0 Å². The van der Waals surface area contributed by atoms with Crippen molar-refractivity contribution < 1.29 is 9.18 Å². The van der Waals surface area contributed by atoms with Crippen LogP contribution in [0.25, 0.3) is 0 Å². The molecule has 0 saturated heterocycles. The van der Waals surface area contributed by atoms with Gasteiger partial charge in [-0.1, -0.05) is 24.3 Å². The topological polar surface area (TPSA) is 29.1 Å². The number of hydrogen-bond acceptors (Lipinski definition) is 2. The molecule has 1 amide bonds. The average Bonchev–Trinajstić information content (AvgIpc) is 2.88. The summed E-state index contributed by atoms with van der Waals surface area (Å²) in [4.78, 5) is 12.9. The highest BCUT2D eigenvalue weighted by Gasteiger charge is 2.22. The lowest BCUT2D eigenvalue weighted by molar-refractivity contribution is -0.119. The van der Waals surface area contributed by atoms with E-state index < -0.39 is 0 Å². The van der Waals surface area contributed by atoms with Gasteiger partial charge in [0.2, 0.25) is 5.91 Å². The van der Waals surface area contributed by atoms with Gasteiger partial charge in [0, 0.05) is 10.9 Å². The number of thioether (sulfide) groups is 1. The molecule has 2 aromatic carbocycles. The SMILES string of the molecule is O=C(CSc1ccc(F)cc1)NC1Cc2ccccc2C1. The average molecular weight is 301 g/mol. The van der Waals surface area contributed by atoms with Crippen molar-refractivity contribution in [1.29, 1.82) is 0 Å². The maximum atomic E-state index is 12.8. The van der Waals surface area contributed by atoms with Crippen LogP contribution in [-0.4, -0.2) is 17.7 Å². The van der Waals surface area contributed by atoms with E-state index in [1.165, 1.54) is 35.0 Å². The van der Waals surface area contributed by atoms with Crippen molar-refractivity contribution in [3.8, 4) is 0 Å². The lowest BCUT2D eigenvalue weighted by Crippen LogP contribution is -2.36. The molecule has 1 N–H and O–H groups in total.